The molecule has 0 aliphatic rings. The second-order valence-electron chi connectivity index (χ2n) is 6.45. The smallest absolute Gasteiger partial charge is 0.200 e. The van der Waals surface area contributed by atoms with Crippen molar-refractivity contribution >= 4 is 28.9 Å². The first-order valence-electron chi connectivity index (χ1n) is 9.58. The van der Waals surface area contributed by atoms with E-state index in [-0.39, 0.29) is 12.4 Å². The predicted molar refractivity (Wildman–Crippen MR) is 126 cm³/mol. The molecule has 0 bridgehead atoms. The number of hydrogen-bond acceptors (Lipinski definition) is 6. The molecule has 3 aromatic rings. The van der Waals surface area contributed by atoms with Gasteiger partial charge in [0, 0.05) is 11.3 Å². The van der Waals surface area contributed by atoms with Crippen molar-refractivity contribution in [2.24, 2.45) is 15.9 Å². The van der Waals surface area contributed by atoms with Gasteiger partial charge in [0.2, 0.25) is 0 Å². The number of methoxy groups -OCH3 is 1. The second kappa shape index (κ2) is 11.6. The Bertz CT molecular complexity index is 1050. The van der Waals surface area contributed by atoms with E-state index in [1.807, 2.05) is 48.5 Å². The van der Waals surface area contributed by atoms with Crippen molar-refractivity contribution in [2.75, 3.05) is 13.7 Å². The van der Waals surface area contributed by atoms with Crippen molar-refractivity contribution < 1.29 is 14.3 Å². The summed E-state index contributed by atoms with van der Waals surface area (Å²) in [6, 6.07) is 24.3. The van der Waals surface area contributed by atoms with Gasteiger partial charge in [-0.2, -0.15) is 5.10 Å². The Morgan fingerprint density at radius 2 is 1.71 bits per heavy atom. The summed E-state index contributed by atoms with van der Waals surface area (Å²) in [6.07, 6.45) is 1.58. The maximum atomic E-state index is 12.2. The van der Waals surface area contributed by atoms with Crippen LogP contribution in [0.5, 0.6) is 11.5 Å². The molecule has 0 atom stereocenters. The molecule has 0 amide bonds. The van der Waals surface area contributed by atoms with Gasteiger partial charge in [0.25, 0.3) is 0 Å². The third-order valence-electron chi connectivity index (χ3n) is 4.23. The lowest BCUT2D eigenvalue weighted by Gasteiger charge is -2.10. The molecule has 0 heterocycles. The molecule has 31 heavy (non-hydrogen) atoms. The van der Waals surface area contributed by atoms with E-state index >= 15 is 0 Å². The lowest BCUT2D eigenvalue weighted by molar-refractivity contribution is 0.0919. The van der Waals surface area contributed by atoms with Gasteiger partial charge in [0.05, 0.1) is 13.3 Å². The van der Waals surface area contributed by atoms with E-state index in [2.05, 4.69) is 10.2 Å². The normalized spacial score (nSPS) is 11.5. The maximum Gasteiger partial charge on any atom is 0.200 e. The molecule has 7 heteroatoms. The number of rotatable bonds is 9. The van der Waals surface area contributed by atoms with E-state index in [0.717, 1.165) is 11.3 Å². The first kappa shape index (κ1) is 22.1. The molecule has 0 aliphatic carbocycles. The van der Waals surface area contributed by atoms with Gasteiger partial charge in [0.1, 0.15) is 0 Å². The van der Waals surface area contributed by atoms with Gasteiger partial charge in [-0.3, -0.25) is 4.79 Å². The Balaban J connectivity index is 1.56. The molecule has 0 saturated carbocycles. The van der Waals surface area contributed by atoms with Crippen molar-refractivity contribution in [2.45, 2.75) is 5.75 Å². The van der Waals surface area contributed by atoms with E-state index in [1.165, 1.54) is 17.3 Å². The summed E-state index contributed by atoms with van der Waals surface area (Å²) < 4.78 is 11.0. The monoisotopic (exact) mass is 433 g/mol. The van der Waals surface area contributed by atoms with Crippen LogP contribution in [0.3, 0.4) is 0 Å². The first-order chi connectivity index (χ1) is 15.2. The zero-order valence-corrected chi connectivity index (χ0v) is 17.9. The van der Waals surface area contributed by atoms with Crippen molar-refractivity contribution in [3.05, 3.63) is 95.6 Å². The lowest BCUT2D eigenvalue weighted by Crippen LogP contribution is -2.12. The van der Waals surface area contributed by atoms with Crippen LogP contribution in [-0.2, 0) is 5.75 Å². The molecule has 0 spiro atoms. The number of hydrogen-bond donors (Lipinski definition) is 1. The quantitative estimate of drug-likeness (QED) is 0.232. The molecule has 6 nitrogen and oxygen atoms in total. The average molecular weight is 434 g/mol. The van der Waals surface area contributed by atoms with Crippen LogP contribution in [0.1, 0.15) is 21.5 Å². The third kappa shape index (κ3) is 7.01. The minimum absolute atomic E-state index is 0.0761. The fourth-order valence-corrected chi connectivity index (χ4v) is 3.26. The van der Waals surface area contributed by atoms with Gasteiger partial charge in [-0.1, -0.05) is 72.4 Å². The van der Waals surface area contributed by atoms with Gasteiger partial charge in [-0.15, -0.1) is 5.10 Å². The molecule has 3 aromatic carbocycles. The van der Waals surface area contributed by atoms with Crippen molar-refractivity contribution in [1.82, 2.24) is 0 Å². The topological polar surface area (TPSA) is 86.3 Å². The summed E-state index contributed by atoms with van der Waals surface area (Å²) in [5.74, 6) is 1.60. The Labute approximate surface area is 185 Å². The number of ketones is 1. The fraction of sp³-hybridized carbons (Fsp3) is 0.125. The zero-order chi connectivity index (χ0) is 21.9. The molecule has 0 radical (unpaired) electrons. The summed E-state index contributed by atoms with van der Waals surface area (Å²) in [4.78, 5) is 12.2. The van der Waals surface area contributed by atoms with Crippen LogP contribution in [0.4, 0.5) is 0 Å². The lowest BCUT2D eigenvalue weighted by atomic mass is 10.1. The molecule has 0 aliphatic heterocycles. The highest BCUT2D eigenvalue weighted by atomic mass is 32.2. The van der Waals surface area contributed by atoms with Crippen LogP contribution in [0.15, 0.2) is 89.1 Å². The highest BCUT2D eigenvalue weighted by Crippen LogP contribution is 2.27. The van der Waals surface area contributed by atoms with Gasteiger partial charge < -0.3 is 15.2 Å². The Morgan fingerprint density at radius 1 is 1.00 bits per heavy atom. The van der Waals surface area contributed by atoms with Crippen LogP contribution in [0.2, 0.25) is 0 Å². The van der Waals surface area contributed by atoms with Gasteiger partial charge in [-0.25, -0.2) is 0 Å². The van der Waals surface area contributed by atoms with Crippen molar-refractivity contribution in [3.63, 3.8) is 0 Å². The SMILES string of the molecule is COc1cc(C=NN=C(N)SCc2ccccc2)ccc1OCC(=O)c1ccccc1. The molecule has 0 unspecified atom stereocenters. The van der Waals surface area contributed by atoms with Crippen LogP contribution < -0.4 is 15.2 Å². The molecule has 0 saturated heterocycles. The van der Waals surface area contributed by atoms with Crippen LogP contribution >= 0.6 is 11.8 Å². The van der Waals surface area contributed by atoms with Crippen molar-refractivity contribution in [1.29, 1.82) is 0 Å². The summed E-state index contributed by atoms with van der Waals surface area (Å²) >= 11 is 1.42. The van der Waals surface area contributed by atoms with Gasteiger partial charge in [0.15, 0.2) is 29.1 Å². The number of Topliss-reactive ketones (excluding diaryl/α,β-unsaturated/α-hetero) is 1. The van der Waals surface area contributed by atoms with E-state index in [4.69, 9.17) is 15.2 Å². The van der Waals surface area contributed by atoms with Crippen LogP contribution in [0, 0.1) is 0 Å². The largest absolute Gasteiger partial charge is 0.493 e. The number of amidine groups is 1. The van der Waals surface area contributed by atoms with Gasteiger partial charge in [-0.05, 0) is 29.3 Å². The Kier molecular flexibility index (Phi) is 8.25. The summed E-state index contributed by atoms with van der Waals surface area (Å²) in [5.41, 5.74) is 8.44. The van der Waals surface area contributed by atoms with E-state index in [1.54, 1.807) is 43.7 Å². The molecule has 0 aromatic heterocycles. The number of ether oxygens (including phenoxy) is 2. The zero-order valence-electron chi connectivity index (χ0n) is 17.1. The third-order valence-corrected chi connectivity index (χ3v) is 5.09. The average Bonchev–Trinajstić information content (AvgIpc) is 2.82. The van der Waals surface area contributed by atoms with E-state index in [9.17, 15) is 4.79 Å². The first-order valence-corrected chi connectivity index (χ1v) is 10.6. The maximum absolute atomic E-state index is 12.2. The van der Waals surface area contributed by atoms with Crippen LogP contribution in [0.25, 0.3) is 0 Å². The van der Waals surface area contributed by atoms with Gasteiger partial charge >= 0.3 is 0 Å². The number of thioether (sulfide) groups is 1. The minimum Gasteiger partial charge on any atom is -0.493 e. The molecule has 3 rings (SSSR count). The summed E-state index contributed by atoms with van der Waals surface area (Å²) in [6.45, 7) is -0.0761. The highest BCUT2D eigenvalue weighted by molar-refractivity contribution is 8.13. The number of carbonyl (C=O) groups excluding carboxylic acids is 1. The molecule has 0 fully saturated rings. The second-order valence-corrected chi connectivity index (χ2v) is 7.44. The predicted octanol–water partition coefficient (Wildman–Crippen LogP) is 4.54. The highest BCUT2D eigenvalue weighted by Gasteiger charge is 2.10. The molecular weight excluding hydrogens is 410 g/mol. The summed E-state index contributed by atoms with van der Waals surface area (Å²) in [7, 11) is 1.54. The van der Waals surface area contributed by atoms with Crippen molar-refractivity contribution in [3.8, 4) is 11.5 Å². The fourth-order valence-electron chi connectivity index (χ4n) is 2.65. The molecule has 2 N–H and O–H groups in total. The Hall–Kier alpha value is -3.58. The molecule has 158 valence electrons. The van der Waals surface area contributed by atoms with E-state index in [0.29, 0.717) is 22.2 Å². The van der Waals surface area contributed by atoms with E-state index < -0.39 is 0 Å². The minimum atomic E-state index is -0.105. The standard InChI is InChI=1S/C24H23N3O3S/c1-29-23-14-19(15-26-27-24(25)31-17-18-8-4-2-5-9-18)12-13-22(23)30-16-21(28)20-10-6-3-7-11-20/h2-15H,16-17H2,1H3,(H2,25,27). The summed E-state index contributed by atoms with van der Waals surface area (Å²) in [5, 5.41) is 8.44. The number of benzene rings is 3. The molecular formula is C24H23N3O3S. The number of nitrogens with zero attached hydrogens (tertiary/aromatic N) is 2. The number of carbonyl (C=O) groups is 1. The number of nitrogens with two attached hydrogens (primary N) is 1. The Morgan fingerprint density at radius 3 is 2.42 bits per heavy atom. The van der Waals surface area contributed by atoms with Crippen LogP contribution in [-0.4, -0.2) is 30.9 Å².